The van der Waals surface area contributed by atoms with Crippen LogP contribution in [0.2, 0.25) is 0 Å². The Kier molecular flexibility index (Phi) is 6.86. The Morgan fingerprint density at radius 3 is 2.54 bits per heavy atom. The second kappa shape index (κ2) is 8.70. The molecule has 8 heteroatoms. The molecule has 0 spiro atoms. The van der Waals surface area contributed by atoms with Crippen LogP contribution in [0, 0.1) is 5.92 Å². The molecule has 0 saturated heterocycles. The van der Waals surface area contributed by atoms with Crippen LogP contribution in [0.3, 0.4) is 0 Å². The molecule has 0 aromatic heterocycles. The van der Waals surface area contributed by atoms with Crippen molar-refractivity contribution in [3.05, 3.63) is 35.9 Å². The van der Waals surface area contributed by atoms with Crippen molar-refractivity contribution in [2.45, 2.75) is 43.2 Å². The monoisotopic (exact) mass is 389 g/mol. The Balaban J connectivity index is 1.98. The van der Waals surface area contributed by atoms with Gasteiger partial charge < -0.3 is 5.32 Å². The van der Waals surface area contributed by atoms with E-state index in [0.29, 0.717) is 5.56 Å². The third-order valence-electron chi connectivity index (χ3n) is 4.35. The van der Waals surface area contributed by atoms with Crippen LogP contribution < -0.4 is 5.32 Å². The van der Waals surface area contributed by atoms with E-state index >= 15 is 0 Å². The molecule has 1 saturated carbocycles. The smallest absolute Gasteiger partial charge is 0.345 e. The van der Waals surface area contributed by atoms with Gasteiger partial charge in [-0.25, -0.2) is 8.42 Å². The lowest BCUT2D eigenvalue weighted by molar-refractivity contribution is -0.173. The first-order valence-electron chi connectivity index (χ1n) is 8.53. The van der Waals surface area contributed by atoms with Crippen LogP contribution in [0.4, 0.5) is 13.2 Å². The van der Waals surface area contributed by atoms with Crippen molar-refractivity contribution >= 4 is 21.8 Å². The number of sulfone groups is 1. The first-order chi connectivity index (χ1) is 12.2. The van der Waals surface area contributed by atoms with Gasteiger partial charge in [-0.15, -0.1) is 0 Å². The zero-order valence-corrected chi connectivity index (χ0v) is 15.1. The average Bonchev–Trinajstić information content (AvgIpc) is 2.58. The van der Waals surface area contributed by atoms with Gasteiger partial charge in [0.05, 0.1) is 10.6 Å². The Bertz CT molecular complexity index is 751. The molecule has 0 bridgehead atoms. The van der Waals surface area contributed by atoms with E-state index in [2.05, 4.69) is 0 Å². The summed E-state index contributed by atoms with van der Waals surface area (Å²) in [6.07, 6.45) is 3.05. The zero-order valence-electron chi connectivity index (χ0n) is 14.3. The molecule has 1 fully saturated rings. The van der Waals surface area contributed by atoms with Crippen LogP contribution in [-0.4, -0.2) is 32.8 Å². The summed E-state index contributed by atoms with van der Waals surface area (Å²) in [5.41, 5.74) is 0.552. The third kappa shape index (κ3) is 6.16. The molecular weight excluding hydrogens is 367 g/mol. The van der Waals surface area contributed by atoms with Crippen molar-refractivity contribution in [3.8, 4) is 0 Å². The van der Waals surface area contributed by atoms with Crippen molar-refractivity contribution in [1.82, 2.24) is 5.32 Å². The van der Waals surface area contributed by atoms with Gasteiger partial charge >= 0.3 is 12.1 Å². The highest BCUT2D eigenvalue weighted by atomic mass is 32.2. The van der Waals surface area contributed by atoms with E-state index in [4.69, 9.17) is 0 Å². The standard InChI is InChI=1S/C18H22F3NO3S/c19-18(20,21)17(23)22-11-5-9-14-8-4-10-16(12-14)26(24,25)13-15-6-2-1-3-7-15/h4-5,8-10,12,15H,1-3,6-7,11,13H2,(H,22,23)/b9-5+. The van der Waals surface area contributed by atoms with Crippen molar-refractivity contribution in [3.63, 3.8) is 0 Å². The normalized spacial score (nSPS) is 16.7. The van der Waals surface area contributed by atoms with Crippen molar-refractivity contribution in [1.29, 1.82) is 0 Å². The molecule has 1 N–H and O–H groups in total. The van der Waals surface area contributed by atoms with Crippen molar-refractivity contribution in [2.24, 2.45) is 5.92 Å². The fraction of sp³-hybridized carbons (Fsp3) is 0.500. The second-order valence-electron chi connectivity index (χ2n) is 6.47. The van der Waals surface area contributed by atoms with Gasteiger partial charge in [0.2, 0.25) is 0 Å². The number of amides is 1. The van der Waals surface area contributed by atoms with E-state index in [1.54, 1.807) is 17.4 Å². The molecular formula is C18H22F3NO3S. The minimum atomic E-state index is -4.92. The lowest BCUT2D eigenvalue weighted by atomic mass is 9.91. The van der Waals surface area contributed by atoms with Gasteiger partial charge in [0.15, 0.2) is 9.84 Å². The number of benzene rings is 1. The first-order valence-corrected chi connectivity index (χ1v) is 10.2. The number of alkyl halides is 3. The molecule has 1 aromatic rings. The number of carbonyl (C=O) groups excluding carboxylic acids is 1. The third-order valence-corrected chi connectivity index (χ3v) is 6.23. The Labute approximate surface area is 151 Å². The molecule has 1 aliphatic carbocycles. The van der Waals surface area contributed by atoms with Gasteiger partial charge in [-0.05, 0) is 36.5 Å². The highest BCUT2D eigenvalue weighted by Crippen LogP contribution is 2.27. The van der Waals surface area contributed by atoms with E-state index in [1.165, 1.54) is 24.3 Å². The van der Waals surface area contributed by atoms with E-state index < -0.39 is 21.9 Å². The van der Waals surface area contributed by atoms with Gasteiger partial charge in [-0.1, -0.05) is 43.5 Å². The SMILES string of the molecule is O=C(NC/C=C/c1cccc(S(=O)(=O)CC2CCCCC2)c1)C(F)(F)F. The van der Waals surface area contributed by atoms with Crippen LogP contribution in [0.25, 0.3) is 6.08 Å². The minimum Gasteiger partial charge on any atom is -0.345 e. The topological polar surface area (TPSA) is 63.2 Å². The summed E-state index contributed by atoms with van der Waals surface area (Å²) in [6, 6.07) is 6.28. The van der Waals surface area contributed by atoms with E-state index in [-0.39, 0.29) is 23.1 Å². The maximum Gasteiger partial charge on any atom is 0.471 e. The quantitative estimate of drug-likeness (QED) is 0.806. The highest BCUT2D eigenvalue weighted by Gasteiger charge is 2.37. The van der Waals surface area contributed by atoms with E-state index in [0.717, 1.165) is 32.1 Å². The number of halogens is 3. The Morgan fingerprint density at radius 1 is 1.19 bits per heavy atom. The minimum absolute atomic E-state index is 0.127. The molecule has 1 aromatic carbocycles. The van der Waals surface area contributed by atoms with Gasteiger partial charge in [0, 0.05) is 6.54 Å². The predicted molar refractivity (Wildman–Crippen MR) is 93.2 cm³/mol. The Morgan fingerprint density at radius 2 is 1.88 bits per heavy atom. The number of hydrogen-bond acceptors (Lipinski definition) is 3. The molecule has 4 nitrogen and oxygen atoms in total. The van der Waals surface area contributed by atoms with Crippen LogP contribution in [0.5, 0.6) is 0 Å². The van der Waals surface area contributed by atoms with E-state index in [1.807, 2.05) is 0 Å². The summed E-state index contributed by atoms with van der Waals surface area (Å²) in [5.74, 6) is -1.70. The van der Waals surface area contributed by atoms with Crippen LogP contribution >= 0.6 is 0 Å². The summed E-state index contributed by atoms with van der Waals surface area (Å²) in [7, 11) is -3.40. The number of rotatable bonds is 6. The zero-order chi connectivity index (χ0) is 19.2. The van der Waals surface area contributed by atoms with Crippen molar-refractivity contribution < 1.29 is 26.4 Å². The maximum atomic E-state index is 12.6. The molecule has 1 aliphatic rings. The molecule has 26 heavy (non-hydrogen) atoms. The van der Waals surface area contributed by atoms with Gasteiger partial charge in [0.25, 0.3) is 0 Å². The first kappa shape index (κ1) is 20.5. The average molecular weight is 389 g/mol. The lowest BCUT2D eigenvalue weighted by Crippen LogP contribution is -2.36. The molecule has 144 valence electrons. The number of carbonyl (C=O) groups is 1. The van der Waals surface area contributed by atoms with Crippen molar-refractivity contribution in [2.75, 3.05) is 12.3 Å². The summed E-state index contributed by atoms with van der Waals surface area (Å²) in [5, 5.41) is 1.72. The summed E-state index contributed by atoms with van der Waals surface area (Å²) >= 11 is 0. The molecule has 0 aliphatic heterocycles. The van der Waals surface area contributed by atoms with Gasteiger partial charge in [-0.2, -0.15) is 13.2 Å². The van der Waals surface area contributed by atoms with Gasteiger partial charge in [0.1, 0.15) is 0 Å². The largest absolute Gasteiger partial charge is 0.471 e. The van der Waals surface area contributed by atoms with Crippen LogP contribution in [0.1, 0.15) is 37.7 Å². The molecule has 0 radical (unpaired) electrons. The molecule has 0 heterocycles. The van der Waals surface area contributed by atoms with Gasteiger partial charge in [-0.3, -0.25) is 4.79 Å². The van der Waals surface area contributed by atoms with Crippen LogP contribution in [0.15, 0.2) is 35.2 Å². The van der Waals surface area contributed by atoms with E-state index in [9.17, 15) is 26.4 Å². The predicted octanol–water partition coefficient (Wildman–Crippen LogP) is 3.73. The highest BCUT2D eigenvalue weighted by molar-refractivity contribution is 7.91. The fourth-order valence-corrected chi connectivity index (χ4v) is 4.77. The van der Waals surface area contributed by atoms with Crippen LogP contribution in [-0.2, 0) is 14.6 Å². The molecule has 1 amide bonds. The summed E-state index contributed by atoms with van der Waals surface area (Å²) in [6.45, 7) is -0.294. The number of nitrogens with one attached hydrogen (secondary N) is 1. The summed E-state index contributed by atoms with van der Waals surface area (Å²) in [4.78, 5) is 10.9. The lowest BCUT2D eigenvalue weighted by Gasteiger charge is -2.21. The Hall–Kier alpha value is -1.83. The molecule has 0 atom stereocenters. The number of hydrogen-bond donors (Lipinski definition) is 1. The maximum absolute atomic E-state index is 12.6. The fourth-order valence-electron chi connectivity index (χ4n) is 3.02. The summed E-state index contributed by atoms with van der Waals surface area (Å²) < 4.78 is 61.4. The molecule has 2 rings (SSSR count). The molecule has 0 unspecified atom stereocenters. The second-order valence-corrected chi connectivity index (χ2v) is 8.50.